The van der Waals surface area contributed by atoms with Crippen LogP contribution in [0.5, 0.6) is 0 Å². The lowest BCUT2D eigenvalue weighted by atomic mass is 10.2. The second kappa shape index (κ2) is 7.89. The number of nitrogens with zero attached hydrogens (tertiary/aromatic N) is 3. The number of aromatic nitrogens is 2. The molecule has 2 heterocycles. The third-order valence-electron chi connectivity index (χ3n) is 5.09. The Kier molecular flexibility index (Phi) is 5.18. The van der Waals surface area contributed by atoms with E-state index in [1.807, 2.05) is 6.07 Å². The second-order valence-electron chi connectivity index (χ2n) is 7.07. The number of likely N-dealkylation sites (N-methyl/N-ethyl adjacent to an activating group) is 1. The first-order valence-electron chi connectivity index (χ1n) is 9.42. The van der Waals surface area contributed by atoms with Crippen LogP contribution >= 0.6 is 0 Å². The number of nitrogens with one attached hydrogen (secondary N) is 2. The minimum atomic E-state index is 0.752. The highest BCUT2D eigenvalue weighted by Gasteiger charge is 2.22. The molecule has 1 aromatic carbocycles. The molecular formula is C21H27N5. The second-order valence-corrected chi connectivity index (χ2v) is 7.07. The molecular weight excluding hydrogens is 322 g/mol. The fourth-order valence-corrected chi connectivity index (χ4v) is 3.55. The summed E-state index contributed by atoms with van der Waals surface area (Å²) in [5, 5.41) is 3.49. The maximum atomic E-state index is 4.94. The van der Waals surface area contributed by atoms with Gasteiger partial charge in [-0.15, -0.1) is 0 Å². The SMILES string of the molecule is CN1CCN(C2=CC=CCc3[nH]c(CNCc4ccccc4)nc32)CC1. The minimum absolute atomic E-state index is 0.752. The maximum Gasteiger partial charge on any atom is 0.121 e. The summed E-state index contributed by atoms with van der Waals surface area (Å²) in [5.74, 6) is 1.02. The van der Waals surface area contributed by atoms with Crippen molar-refractivity contribution >= 4 is 5.70 Å². The third kappa shape index (κ3) is 3.89. The van der Waals surface area contributed by atoms with Gasteiger partial charge in [0.2, 0.25) is 0 Å². The predicted molar refractivity (Wildman–Crippen MR) is 105 cm³/mol. The van der Waals surface area contributed by atoms with Crippen molar-refractivity contribution in [3.05, 3.63) is 71.3 Å². The van der Waals surface area contributed by atoms with Gasteiger partial charge < -0.3 is 20.1 Å². The van der Waals surface area contributed by atoms with Crippen molar-refractivity contribution in [2.45, 2.75) is 19.5 Å². The number of allylic oxidation sites excluding steroid dienone is 3. The van der Waals surface area contributed by atoms with E-state index in [1.54, 1.807) is 0 Å². The van der Waals surface area contributed by atoms with Gasteiger partial charge in [-0.1, -0.05) is 42.5 Å². The lowest BCUT2D eigenvalue weighted by Crippen LogP contribution is -2.43. The molecule has 1 saturated heterocycles. The number of hydrogen-bond donors (Lipinski definition) is 2. The van der Waals surface area contributed by atoms with E-state index in [1.165, 1.54) is 17.0 Å². The van der Waals surface area contributed by atoms with Crippen LogP contribution in [0.4, 0.5) is 0 Å². The van der Waals surface area contributed by atoms with Crippen LogP contribution < -0.4 is 5.32 Å². The summed E-state index contributed by atoms with van der Waals surface area (Å²) < 4.78 is 0. The molecule has 0 saturated carbocycles. The molecule has 2 N–H and O–H groups in total. The molecule has 0 atom stereocenters. The molecule has 2 aromatic rings. The third-order valence-corrected chi connectivity index (χ3v) is 5.09. The maximum absolute atomic E-state index is 4.94. The van der Waals surface area contributed by atoms with Crippen molar-refractivity contribution in [1.29, 1.82) is 0 Å². The van der Waals surface area contributed by atoms with Gasteiger partial charge in [0.15, 0.2) is 0 Å². The van der Waals surface area contributed by atoms with Crippen LogP contribution in [0, 0.1) is 0 Å². The number of rotatable bonds is 5. The zero-order valence-electron chi connectivity index (χ0n) is 15.4. The van der Waals surface area contributed by atoms with Crippen molar-refractivity contribution < 1.29 is 0 Å². The van der Waals surface area contributed by atoms with Crippen LogP contribution in [0.15, 0.2) is 48.6 Å². The number of benzene rings is 1. The summed E-state index contributed by atoms with van der Waals surface area (Å²) in [7, 11) is 2.19. The molecule has 0 unspecified atom stereocenters. The van der Waals surface area contributed by atoms with E-state index < -0.39 is 0 Å². The zero-order chi connectivity index (χ0) is 17.8. The molecule has 1 aliphatic heterocycles. The van der Waals surface area contributed by atoms with Crippen molar-refractivity contribution in [3.8, 4) is 0 Å². The fourth-order valence-electron chi connectivity index (χ4n) is 3.55. The Bertz CT molecular complexity index is 782. The van der Waals surface area contributed by atoms with Crippen molar-refractivity contribution in [3.63, 3.8) is 0 Å². The summed E-state index contributed by atoms with van der Waals surface area (Å²) in [5.41, 5.74) is 4.89. The lowest BCUT2D eigenvalue weighted by Gasteiger charge is -2.35. The highest BCUT2D eigenvalue weighted by Crippen LogP contribution is 2.25. The topological polar surface area (TPSA) is 47.2 Å². The van der Waals surface area contributed by atoms with E-state index in [-0.39, 0.29) is 0 Å². The van der Waals surface area contributed by atoms with E-state index in [0.29, 0.717) is 0 Å². The Labute approximate surface area is 155 Å². The fraction of sp³-hybridized carbons (Fsp3) is 0.381. The molecule has 5 heteroatoms. The molecule has 26 heavy (non-hydrogen) atoms. The summed E-state index contributed by atoms with van der Waals surface area (Å²) in [6.45, 7) is 5.93. The van der Waals surface area contributed by atoms with Crippen molar-refractivity contribution in [2.75, 3.05) is 33.2 Å². The Balaban J connectivity index is 1.45. The average molecular weight is 349 g/mol. The Morgan fingerprint density at radius 3 is 2.69 bits per heavy atom. The van der Waals surface area contributed by atoms with Crippen LogP contribution in [0.2, 0.25) is 0 Å². The van der Waals surface area contributed by atoms with Gasteiger partial charge >= 0.3 is 0 Å². The Hall–Kier alpha value is -2.37. The molecule has 0 spiro atoms. The first kappa shape index (κ1) is 17.1. The first-order valence-corrected chi connectivity index (χ1v) is 9.42. The molecule has 136 valence electrons. The summed E-state index contributed by atoms with van der Waals surface area (Å²) in [6, 6.07) is 10.5. The van der Waals surface area contributed by atoms with E-state index >= 15 is 0 Å². The standard InChI is InChI=1S/C21H27N5/c1-25-11-13-26(14-12-25)19-10-6-5-9-18-21(19)24-20(23-18)16-22-15-17-7-3-2-4-8-17/h2-8,10,22H,9,11-16H2,1H3,(H,23,24). The number of imidazole rings is 1. The van der Waals surface area contributed by atoms with Crippen molar-refractivity contribution in [1.82, 2.24) is 25.1 Å². The van der Waals surface area contributed by atoms with Gasteiger partial charge in [-0.05, 0) is 18.7 Å². The zero-order valence-corrected chi connectivity index (χ0v) is 15.4. The number of H-pyrrole nitrogens is 1. The lowest BCUT2D eigenvalue weighted by molar-refractivity contribution is 0.207. The Morgan fingerprint density at radius 1 is 1.08 bits per heavy atom. The van der Waals surface area contributed by atoms with Gasteiger partial charge in [0.25, 0.3) is 0 Å². The van der Waals surface area contributed by atoms with Gasteiger partial charge in [-0.25, -0.2) is 4.98 Å². The van der Waals surface area contributed by atoms with Crippen LogP contribution in [0.3, 0.4) is 0 Å². The van der Waals surface area contributed by atoms with E-state index in [0.717, 1.165) is 57.2 Å². The molecule has 1 aliphatic carbocycles. The minimum Gasteiger partial charge on any atom is -0.367 e. The highest BCUT2D eigenvalue weighted by molar-refractivity contribution is 5.66. The molecule has 1 aromatic heterocycles. The smallest absolute Gasteiger partial charge is 0.121 e. The molecule has 5 nitrogen and oxygen atoms in total. The molecule has 2 aliphatic rings. The van der Waals surface area contributed by atoms with Crippen LogP contribution in [-0.2, 0) is 19.5 Å². The molecule has 4 rings (SSSR count). The molecule has 0 amide bonds. The van der Waals surface area contributed by atoms with Gasteiger partial charge in [0.05, 0.1) is 12.2 Å². The van der Waals surface area contributed by atoms with Gasteiger partial charge in [-0.3, -0.25) is 0 Å². The number of hydrogen-bond acceptors (Lipinski definition) is 4. The number of fused-ring (bicyclic) bond motifs is 1. The highest BCUT2D eigenvalue weighted by atomic mass is 15.3. The van der Waals surface area contributed by atoms with E-state index in [9.17, 15) is 0 Å². The molecule has 1 fully saturated rings. The Morgan fingerprint density at radius 2 is 1.88 bits per heavy atom. The first-order chi connectivity index (χ1) is 12.8. The van der Waals surface area contributed by atoms with E-state index in [4.69, 9.17) is 4.98 Å². The quantitative estimate of drug-likeness (QED) is 0.870. The number of aromatic amines is 1. The van der Waals surface area contributed by atoms with Gasteiger partial charge in [0, 0.05) is 44.8 Å². The molecule has 0 bridgehead atoms. The summed E-state index contributed by atoms with van der Waals surface area (Å²) in [6.07, 6.45) is 7.51. The molecule has 0 radical (unpaired) electrons. The van der Waals surface area contributed by atoms with Gasteiger partial charge in [0.1, 0.15) is 11.5 Å². The normalized spacial score (nSPS) is 17.7. The predicted octanol–water partition coefficient (Wildman–Crippen LogP) is 2.40. The largest absolute Gasteiger partial charge is 0.367 e. The monoisotopic (exact) mass is 349 g/mol. The number of piperazine rings is 1. The average Bonchev–Trinajstić information content (AvgIpc) is 2.96. The van der Waals surface area contributed by atoms with E-state index in [2.05, 4.69) is 69.6 Å². The summed E-state index contributed by atoms with van der Waals surface area (Å²) >= 11 is 0. The van der Waals surface area contributed by atoms with Crippen LogP contribution in [-0.4, -0.2) is 53.0 Å². The van der Waals surface area contributed by atoms with Crippen LogP contribution in [0.25, 0.3) is 5.70 Å². The summed E-state index contributed by atoms with van der Waals surface area (Å²) in [4.78, 5) is 13.3. The van der Waals surface area contributed by atoms with Gasteiger partial charge in [-0.2, -0.15) is 0 Å². The van der Waals surface area contributed by atoms with Crippen molar-refractivity contribution in [2.24, 2.45) is 0 Å². The van der Waals surface area contributed by atoms with Crippen LogP contribution in [0.1, 0.15) is 22.8 Å².